The van der Waals surface area contributed by atoms with Crippen LogP contribution in [0.4, 0.5) is 14.9 Å². The zero-order valence-corrected chi connectivity index (χ0v) is 14.6. The first kappa shape index (κ1) is 18.1. The summed E-state index contributed by atoms with van der Waals surface area (Å²) in [7, 11) is 0. The largest absolute Gasteiger partial charge is 0.444 e. The molecule has 24 heavy (non-hydrogen) atoms. The average molecular weight is 356 g/mol. The van der Waals surface area contributed by atoms with Crippen LogP contribution in [0.5, 0.6) is 0 Å². The van der Waals surface area contributed by atoms with Crippen LogP contribution in [-0.4, -0.2) is 45.5 Å². The lowest BCUT2D eigenvalue weighted by atomic mass is 9.96. The number of amides is 2. The number of nitrogens with one attached hydrogen (secondary N) is 1. The van der Waals surface area contributed by atoms with Crippen molar-refractivity contribution in [3.8, 4) is 0 Å². The zero-order valence-electron chi connectivity index (χ0n) is 13.8. The first-order valence-electron chi connectivity index (χ1n) is 7.55. The molecule has 1 aliphatic rings. The summed E-state index contributed by atoms with van der Waals surface area (Å²) in [4.78, 5) is 39.7. The van der Waals surface area contributed by atoms with Gasteiger partial charge in [0, 0.05) is 19.0 Å². The lowest BCUT2D eigenvalue weighted by Crippen LogP contribution is -2.43. The molecule has 2 heterocycles. The molecule has 0 aromatic carbocycles. The maximum atomic E-state index is 12.2. The summed E-state index contributed by atoms with van der Waals surface area (Å²) in [6.07, 6.45) is 1.76. The molecule has 0 aliphatic carbocycles. The van der Waals surface area contributed by atoms with Crippen LogP contribution in [0, 0.1) is 16.0 Å². The van der Waals surface area contributed by atoms with Crippen LogP contribution in [0.25, 0.3) is 0 Å². The number of thiazole rings is 1. The van der Waals surface area contributed by atoms with E-state index in [0.29, 0.717) is 25.9 Å². The van der Waals surface area contributed by atoms with Gasteiger partial charge in [-0.2, -0.15) is 0 Å². The van der Waals surface area contributed by atoms with Crippen molar-refractivity contribution >= 4 is 33.5 Å². The van der Waals surface area contributed by atoms with E-state index in [9.17, 15) is 19.7 Å². The molecule has 0 spiro atoms. The molecule has 1 saturated heterocycles. The third-order valence-corrected chi connectivity index (χ3v) is 4.29. The molecule has 0 radical (unpaired) electrons. The summed E-state index contributed by atoms with van der Waals surface area (Å²) < 4.78 is 5.31. The summed E-state index contributed by atoms with van der Waals surface area (Å²) >= 11 is 0.818. The number of likely N-dealkylation sites (tertiary alicyclic amines) is 1. The van der Waals surface area contributed by atoms with Crippen LogP contribution in [0.15, 0.2) is 6.20 Å². The number of ether oxygens (including phenoxy) is 1. The van der Waals surface area contributed by atoms with Crippen molar-refractivity contribution in [1.29, 1.82) is 0 Å². The highest BCUT2D eigenvalue weighted by Crippen LogP contribution is 2.27. The second-order valence-corrected chi connectivity index (χ2v) is 7.50. The monoisotopic (exact) mass is 356 g/mol. The minimum atomic E-state index is -0.551. The second-order valence-electron chi connectivity index (χ2n) is 6.49. The van der Waals surface area contributed by atoms with E-state index in [1.54, 1.807) is 25.7 Å². The molecule has 2 rings (SSSR count). The van der Waals surface area contributed by atoms with Gasteiger partial charge in [0.2, 0.25) is 5.91 Å². The van der Waals surface area contributed by atoms with E-state index in [1.807, 2.05) is 0 Å². The summed E-state index contributed by atoms with van der Waals surface area (Å²) in [6.45, 7) is 6.28. The lowest BCUT2D eigenvalue weighted by molar-refractivity contribution is -0.380. The number of carbonyl (C=O) groups is 2. The molecule has 1 aliphatic heterocycles. The van der Waals surface area contributed by atoms with E-state index in [1.165, 1.54) is 0 Å². The Morgan fingerprint density at radius 3 is 2.54 bits per heavy atom. The molecule has 9 nitrogen and oxygen atoms in total. The number of piperidine rings is 1. The quantitative estimate of drug-likeness (QED) is 0.657. The summed E-state index contributed by atoms with van der Waals surface area (Å²) in [5, 5.41) is 13.3. The van der Waals surface area contributed by atoms with E-state index in [2.05, 4.69) is 10.3 Å². The smallest absolute Gasteiger partial charge is 0.410 e. The highest BCUT2D eigenvalue weighted by Gasteiger charge is 2.30. The molecule has 1 aromatic heterocycles. The predicted octanol–water partition coefficient (Wildman–Crippen LogP) is 2.64. The van der Waals surface area contributed by atoms with E-state index >= 15 is 0 Å². The maximum Gasteiger partial charge on any atom is 0.410 e. The number of nitro groups is 1. The predicted molar refractivity (Wildman–Crippen MR) is 87.9 cm³/mol. The molecule has 0 atom stereocenters. The van der Waals surface area contributed by atoms with Crippen LogP contribution in [0.1, 0.15) is 33.6 Å². The molecule has 0 unspecified atom stereocenters. The molecule has 1 aromatic rings. The van der Waals surface area contributed by atoms with Crippen LogP contribution in [0.3, 0.4) is 0 Å². The Hall–Kier alpha value is -2.23. The van der Waals surface area contributed by atoms with Gasteiger partial charge < -0.3 is 15.0 Å². The van der Waals surface area contributed by atoms with Crippen molar-refractivity contribution in [3.63, 3.8) is 0 Å². The summed E-state index contributed by atoms with van der Waals surface area (Å²) in [5.41, 5.74) is -0.551. The van der Waals surface area contributed by atoms with E-state index in [-0.39, 0.29) is 28.1 Å². The Morgan fingerprint density at radius 2 is 2.04 bits per heavy atom. The Bertz CT molecular complexity index is 631. The molecule has 10 heteroatoms. The van der Waals surface area contributed by atoms with Crippen molar-refractivity contribution in [3.05, 3.63) is 16.3 Å². The Balaban J connectivity index is 1.84. The summed E-state index contributed by atoms with van der Waals surface area (Å²) in [5.74, 6) is -0.491. The zero-order chi connectivity index (χ0) is 17.9. The van der Waals surface area contributed by atoms with Gasteiger partial charge in [-0.1, -0.05) is 0 Å². The number of nitrogens with zero attached hydrogens (tertiary/aromatic N) is 3. The van der Waals surface area contributed by atoms with Gasteiger partial charge in [-0.25, -0.2) is 9.78 Å². The fourth-order valence-electron chi connectivity index (χ4n) is 2.27. The molecule has 132 valence electrons. The fraction of sp³-hybridized carbons (Fsp3) is 0.643. The first-order chi connectivity index (χ1) is 11.2. The van der Waals surface area contributed by atoms with Crippen molar-refractivity contribution < 1.29 is 19.2 Å². The molecular formula is C14H20N4O5S. The van der Waals surface area contributed by atoms with E-state index < -0.39 is 10.5 Å². The lowest BCUT2D eigenvalue weighted by Gasteiger charge is -2.32. The third kappa shape index (κ3) is 4.88. The standard InChI is InChI=1S/C14H20N4O5S/c1-14(2,3)23-13(20)17-6-4-9(5-7-17)11(19)16-12-15-8-10(24-12)18(21)22/h8-9H,4-7H2,1-3H3,(H,15,16,19). The van der Waals surface area contributed by atoms with E-state index in [4.69, 9.17) is 4.74 Å². The van der Waals surface area contributed by atoms with Crippen LogP contribution >= 0.6 is 11.3 Å². The van der Waals surface area contributed by atoms with Crippen molar-refractivity contribution in [2.24, 2.45) is 5.92 Å². The highest BCUT2D eigenvalue weighted by atomic mass is 32.1. The molecular weight excluding hydrogens is 336 g/mol. The second kappa shape index (κ2) is 7.12. The van der Waals surface area contributed by atoms with Gasteiger partial charge in [-0.15, -0.1) is 0 Å². The number of hydrogen-bond donors (Lipinski definition) is 1. The fourth-order valence-corrected chi connectivity index (χ4v) is 2.90. The van der Waals surface area contributed by atoms with Crippen molar-refractivity contribution in [2.75, 3.05) is 18.4 Å². The van der Waals surface area contributed by atoms with Crippen LogP contribution in [-0.2, 0) is 9.53 Å². The number of carbonyl (C=O) groups excluding carboxylic acids is 2. The molecule has 0 saturated carbocycles. The van der Waals surface area contributed by atoms with Gasteiger partial charge >= 0.3 is 11.1 Å². The normalized spacial score (nSPS) is 15.9. The number of hydrogen-bond acceptors (Lipinski definition) is 7. The SMILES string of the molecule is CC(C)(C)OC(=O)N1CCC(C(=O)Nc2ncc([N+](=O)[O-])s2)CC1. The van der Waals surface area contributed by atoms with Gasteiger partial charge in [0.1, 0.15) is 11.8 Å². The van der Waals surface area contributed by atoms with Crippen molar-refractivity contribution in [1.82, 2.24) is 9.88 Å². The number of aromatic nitrogens is 1. The van der Waals surface area contributed by atoms with Gasteiger partial charge in [0.05, 0.1) is 4.92 Å². The molecule has 1 N–H and O–H groups in total. The average Bonchev–Trinajstić information content (AvgIpc) is 2.94. The Labute approximate surface area is 143 Å². The van der Waals surface area contributed by atoms with Gasteiger partial charge in [-0.05, 0) is 44.9 Å². The minimum Gasteiger partial charge on any atom is -0.444 e. The third-order valence-electron chi connectivity index (χ3n) is 3.42. The van der Waals surface area contributed by atoms with Crippen molar-refractivity contribution in [2.45, 2.75) is 39.2 Å². The minimum absolute atomic E-state index is 0.120. The summed E-state index contributed by atoms with van der Waals surface area (Å²) in [6, 6.07) is 0. The van der Waals surface area contributed by atoms with Crippen LogP contribution in [0.2, 0.25) is 0 Å². The number of rotatable bonds is 3. The van der Waals surface area contributed by atoms with E-state index in [0.717, 1.165) is 17.5 Å². The molecule has 0 bridgehead atoms. The Kier molecular flexibility index (Phi) is 5.37. The first-order valence-corrected chi connectivity index (χ1v) is 8.36. The van der Waals surface area contributed by atoms with Gasteiger partial charge in [0.25, 0.3) is 0 Å². The van der Waals surface area contributed by atoms with Crippen LogP contribution < -0.4 is 5.32 Å². The molecule has 2 amide bonds. The topological polar surface area (TPSA) is 115 Å². The molecule has 1 fully saturated rings. The highest BCUT2D eigenvalue weighted by molar-refractivity contribution is 7.18. The maximum absolute atomic E-state index is 12.2. The number of anilines is 1. The Morgan fingerprint density at radius 1 is 1.42 bits per heavy atom. The van der Waals surface area contributed by atoms with Gasteiger partial charge in [0.15, 0.2) is 5.13 Å². The van der Waals surface area contributed by atoms with Gasteiger partial charge in [-0.3, -0.25) is 14.9 Å².